The Bertz CT molecular complexity index is 380. The third-order valence-electron chi connectivity index (χ3n) is 2.53. The molecule has 0 aromatic carbocycles. The smallest absolute Gasteiger partial charge is 0.262 e. The molecular formula is C12H22ClN3O. The molecule has 1 rings (SSSR count). The Labute approximate surface area is 109 Å². The minimum atomic E-state index is 0. The van der Waals surface area contributed by atoms with E-state index in [2.05, 4.69) is 26.1 Å². The van der Waals surface area contributed by atoms with Crippen LogP contribution < -0.4 is 22.3 Å². The van der Waals surface area contributed by atoms with E-state index in [9.17, 15) is 4.79 Å². The van der Waals surface area contributed by atoms with Crippen molar-refractivity contribution in [3.8, 4) is 0 Å². The number of carbonyl (C=O) groups is 1. The van der Waals surface area contributed by atoms with E-state index in [0.29, 0.717) is 13.1 Å². The van der Waals surface area contributed by atoms with E-state index < -0.39 is 0 Å². The highest BCUT2D eigenvalue weighted by Gasteiger charge is 2.15. The molecule has 5 heteroatoms. The summed E-state index contributed by atoms with van der Waals surface area (Å²) in [6, 6.07) is 0. The molecule has 0 spiro atoms. The fourth-order valence-corrected chi connectivity index (χ4v) is 1.34. The van der Waals surface area contributed by atoms with Crippen LogP contribution in [0.15, 0.2) is 12.4 Å². The van der Waals surface area contributed by atoms with Crippen LogP contribution in [-0.4, -0.2) is 17.0 Å². The normalized spacial score (nSPS) is 10.9. The number of halogens is 1. The molecule has 0 fully saturated rings. The van der Waals surface area contributed by atoms with Crippen LogP contribution in [-0.2, 0) is 18.4 Å². The van der Waals surface area contributed by atoms with Crippen molar-refractivity contribution in [2.45, 2.75) is 34.2 Å². The number of hydrogen-bond donors (Lipinski definition) is 1. The van der Waals surface area contributed by atoms with Gasteiger partial charge in [-0.15, -0.1) is 0 Å². The second kappa shape index (κ2) is 6.05. The third kappa shape index (κ3) is 5.22. The van der Waals surface area contributed by atoms with Gasteiger partial charge in [0.05, 0.1) is 7.05 Å². The molecule has 0 saturated heterocycles. The monoisotopic (exact) mass is 259 g/mol. The van der Waals surface area contributed by atoms with Crippen molar-refractivity contribution in [3.05, 3.63) is 18.2 Å². The quantitative estimate of drug-likeness (QED) is 0.614. The van der Waals surface area contributed by atoms with Crippen molar-refractivity contribution in [2.75, 3.05) is 6.54 Å². The molecule has 17 heavy (non-hydrogen) atoms. The first kappa shape index (κ1) is 16.0. The van der Waals surface area contributed by atoms with Gasteiger partial charge in [-0.3, -0.25) is 4.79 Å². The SMILES string of the molecule is Cc1n(CC(=O)NCC(C)(C)C)cc[n+]1C.[Cl-]. The summed E-state index contributed by atoms with van der Waals surface area (Å²) < 4.78 is 3.94. The Morgan fingerprint density at radius 1 is 1.47 bits per heavy atom. The molecule has 0 aliphatic carbocycles. The summed E-state index contributed by atoms with van der Waals surface area (Å²) in [5.74, 6) is 1.14. The minimum absolute atomic E-state index is 0. The zero-order valence-corrected chi connectivity index (χ0v) is 12.0. The molecular weight excluding hydrogens is 238 g/mol. The van der Waals surface area contributed by atoms with Gasteiger partial charge in [0.1, 0.15) is 12.4 Å². The summed E-state index contributed by atoms with van der Waals surface area (Å²) in [4.78, 5) is 11.7. The molecule has 1 aromatic rings. The van der Waals surface area contributed by atoms with Gasteiger partial charge in [-0.25, -0.2) is 9.13 Å². The number of rotatable bonds is 3. The standard InChI is InChI=1S/C12H21N3O.ClH/c1-10-14(5)6-7-15(10)8-11(16)13-9-12(2,3)4;/h6-7H,8-9H2,1-5H3;1H. The highest BCUT2D eigenvalue weighted by Crippen LogP contribution is 2.10. The second-order valence-corrected chi connectivity index (χ2v) is 5.42. The minimum Gasteiger partial charge on any atom is -1.00 e. The predicted octanol–water partition coefficient (Wildman–Crippen LogP) is -2.21. The van der Waals surface area contributed by atoms with Gasteiger partial charge in [-0.2, -0.15) is 0 Å². The summed E-state index contributed by atoms with van der Waals surface area (Å²) in [5, 5.41) is 2.94. The van der Waals surface area contributed by atoms with E-state index in [1.54, 1.807) is 0 Å². The average molecular weight is 260 g/mol. The van der Waals surface area contributed by atoms with Crippen LogP contribution in [0.2, 0.25) is 0 Å². The molecule has 1 aromatic heterocycles. The summed E-state index contributed by atoms with van der Waals surface area (Å²) in [5.41, 5.74) is 0.131. The molecule has 1 N–H and O–H groups in total. The van der Waals surface area contributed by atoms with E-state index in [0.717, 1.165) is 5.82 Å². The number of imidazole rings is 1. The molecule has 0 aliphatic heterocycles. The zero-order chi connectivity index (χ0) is 12.3. The van der Waals surface area contributed by atoms with Crippen LogP contribution in [0.3, 0.4) is 0 Å². The first-order valence-electron chi connectivity index (χ1n) is 5.58. The van der Waals surface area contributed by atoms with Gasteiger partial charge in [0, 0.05) is 13.5 Å². The summed E-state index contributed by atoms with van der Waals surface area (Å²) in [7, 11) is 1.97. The van der Waals surface area contributed by atoms with Crippen LogP contribution >= 0.6 is 0 Å². The first-order valence-corrected chi connectivity index (χ1v) is 5.58. The van der Waals surface area contributed by atoms with Crippen molar-refractivity contribution in [3.63, 3.8) is 0 Å². The second-order valence-electron chi connectivity index (χ2n) is 5.42. The van der Waals surface area contributed by atoms with Crippen molar-refractivity contribution < 1.29 is 21.8 Å². The molecule has 0 aliphatic rings. The first-order chi connectivity index (χ1) is 7.29. The maximum Gasteiger partial charge on any atom is 0.262 e. The van der Waals surface area contributed by atoms with E-state index >= 15 is 0 Å². The van der Waals surface area contributed by atoms with Crippen molar-refractivity contribution in [1.82, 2.24) is 9.88 Å². The number of aromatic nitrogens is 2. The van der Waals surface area contributed by atoms with Gasteiger partial charge in [-0.1, -0.05) is 20.8 Å². The molecule has 0 unspecified atom stereocenters. The fourth-order valence-electron chi connectivity index (χ4n) is 1.34. The molecule has 0 saturated carbocycles. The van der Waals surface area contributed by atoms with Gasteiger partial charge < -0.3 is 17.7 Å². The largest absolute Gasteiger partial charge is 1.00 e. The van der Waals surface area contributed by atoms with E-state index in [1.165, 1.54) is 0 Å². The van der Waals surface area contributed by atoms with Crippen molar-refractivity contribution in [2.24, 2.45) is 12.5 Å². The van der Waals surface area contributed by atoms with E-state index in [4.69, 9.17) is 0 Å². The number of aryl methyl sites for hydroxylation is 1. The Balaban J connectivity index is 0.00000256. The summed E-state index contributed by atoms with van der Waals surface area (Å²) in [6.07, 6.45) is 3.87. The molecule has 0 bridgehead atoms. The number of nitrogens with one attached hydrogen (secondary N) is 1. The summed E-state index contributed by atoms with van der Waals surface area (Å²) >= 11 is 0. The van der Waals surface area contributed by atoms with Crippen LogP contribution in [0.4, 0.5) is 0 Å². The van der Waals surface area contributed by atoms with Gasteiger partial charge >= 0.3 is 0 Å². The van der Waals surface area contributed by atoms with Gasteiger partial charge in [0.2, 0.25) is 0 Å². The van der Waals surface area contributed by atoms with Crippen LogP contribution in [0.25, 0.3) is 0 Å². The molecule has 4 nitrogen and oxygen atoms in total. The molecule has 0 atom stereocenters. The lowest BCUT2D eigenvalue weighted by atomic mass is 9.97. The Morgan fingerprint density at radius 2 is 2.06 bits per heavy atom. The molecule has 1 amide bonds. The Morgan fingerprint density at radius 3 is 2.47 bits per heavy atom. The lowest BCUT2D eigenvalue weighted by Gasteiger charge is -2.18. The zero-order valence-electron chi connectivity index (χ0n) is 11.2. The lowest BCUT2D eigenvalue weighted by Crippen LogP contribution is -3.00. The van der Waals surface area contributed by atoms with Crippen LogP contribution in [0.1, 0.15) is 26.6 Å². The van der Waals surface area contributed by atoms with Gasteiger partial charge in [-0.05, 0) is 5.41 Å². The van der Waals surface area contributed by atoms with Crippen molar-refractivity contribution >= 4 is 5.91 Å². The molecule has 1 heterocycles. The fraction of sp³-hybridized carbons (Fsp3) is 0.667. The average Bonchev–Trinajstić information content (AvgIpc) is 2.46. The highest BCUT2D eigenvalue weighted by molar-refractivity contribution is 5.75. The maximum absolute atomic E-state index is 11.7. The molecule has 0 radical (unpaired) electrons. The number of carbonyl (C=O) groups excluding carboxylic acids is 1. The van der Waals surface area contributed by atoms with Gasteiger partial charge in [0.25, 0.3) is 11.7 Å². The molecule has 98 valence electrons. The third-order valence-corrected chi connectivity index (χ3v) is 2.53. The Hall–Kier alpha value is -1.03. The Kier molecular flexibility index (Phi) is 5.69. The van der Waals surface area contributed by atoms with E-state index in [-0.39, 0.29) is 23.7 Å². The topological polar surface area (TPSA) is 37.9 Å². The van der Waals surface area contributed by atoms with Crippen LogP contribution in [0.5, 0.6) is 0 Å². The lowest BCUT2D eigenvalue weighted by molar-refractivity contribution is -0.677. The predicted molar refractivity (Wildman–Crippen MR) is 62.8 cm³/mol. The van der Waals surface area contributed by atoms with Gasteiger partial charge in [0.15, 0.2) is 6.54 Å². The number of hydrogen-bond acceptors (Lipinski definition) is 1. The maximum atomic E-state index is 11.7. The van der Waals surface area contributed by atoms with Crippen molar-refractivity contribution in [1.29, 1.82) is 0 Å². The van der Waals surface area contributed by atoms with Crippen LogP contribution in [0, 0.1) is 12.3 Å². The number of amides is 1. The van der Waals surface area contributed by atoms with E-state index in [1.807, 2.05) is 35.5 Å². The number of nitrogens with zero attached hydrogens (tertiary/aromatic N) is 2. The summed E-state index contributed by atoms with van der Waals surface area (Å²) in [6.45, 7) is 9.41. The highest BCUT2D eigenvalue weighted by atomic mass is 35.5.